The number of nitrogens with zero attached hydrogens (tertiary/aromatic N) is 4. The van der Waals surface area contributed by atoms with E-state index in [1.165, 1.54) is 17.5 Å². The lowest BCUT2D eigenvalue weighted by Gasteiger charge is -2.32. The molecule has 0 unspecified atom stereocenters. The molecule has 3 heterocycles. The molecule has 2 aromatic heterocycles. The molecule has 6 nitrogen and oxygen atoms in total. The van der Waals surface area contributed by atoms with Crippen LogP contribution in [0, 0.1) is 35.9 Å². The number of amides is 1. The van der Waals surface area contributed by atoms with Crippen molar-refractivity contribution in [1.82, 2.24) is 15.0 Å². The van der Waals surface area contributed by atoms with Crippen LogP contribution < -0.4 is 0 Å². The van der Waals surface area contributed by atoms with Crippen molar-refractivity contribution in [3.63, 3.8) is 0 Å². The Morgan fingerprint density at radius 1 is 1.23 bits per heavy atom. The van der Waals surface area contributed by atoms with E-state index >= 15 is 0 Å². The second kappa shape index (κ2) is 8.88. The van der Waals surface area contributed by atoms with Crippen LogP contribution in [-0.2, 0) is 16.1 Å². The molecule has 1 saturated heterocycles. The van der Waals surface area contributed by atoms with Gasteiger partial charge in [0.15, 0.2) is 0 Å². The van der Waals surface area contributed by atoms with E-state index in [-0.39, 0.29) is 23.7 Å². The third-order valence-electron chi connectivity index (χ3n) is 6.26. The number of halogens is 1. The van der Waals surface area contributed by atoms with Crippen molar-refractivity contribution in [1.29, 1.82) is 5.26 Å². The summed E-state index contributed by atoms with van der Waals surface area (Å²) in [6, 6.07) is 5.25. The minimum atomic E-state index is -0.299. The van der Waals surface area contributed by atoms with Gasteiger partial charge in [0.2, 0.25) is 5.91 Å². The monoisotopic (exact) mass is 408 g/mol. The third-order valence-corrected chi connectivity index (χ3v) is 6.26. The van der Waals surface area contributed by atoms with Crippen LogP contribution in [0.15, 0.2) is 30.7 Å². The molecule has 0 spiro atoms. The number of rotatable bonds is 4. The molecule has 1 aliphatic heterocycles. The highest BCUT2D eigenvalue weighted by Gasteiger charge is 2.37. The number of nitriles is 1. The fraction of sp³-hybridized carbons (Fsp3) is 0.478. The Hall–Kier alpha value is -2.85. The summed E-state index contributed by atoms with van der Waals surface area (Å²) in [5, 5.41) is 10.6. The first-order valence-electron chi connectivity index (χ1n) is 10.5. The van der Waals surface area contributed by atoms with Gasteiger partial charge in [0.25, 0.3) is 0 Å². The van der Waals surface area contributed by atoms with E-state index in [2.05, 4.69) is 16.0 Å². The van der Waals surface area contributed by atoms with E-state index in [4.69, 9.17) is 10.1 Å². The Morgan fingerprint density at radius 2 is 2.03 bits per heavy atom. The molecule has 2 aromatic rings. The number of hydroxylamine groups is 2. The summed E-state index contributed by atoms with van der Waals surface area (Å²) >= 11 is 0. The van der Waals surface area contributed by atoms with E-state index in [0.717, 1.165) is 48.9 Å². The van der Waals surface area contributed by atoms with E-state index in [1.807, 2.05) is 6.92 Å². The van der Waals surface area contributed by atoms with Crippen LogP contribution >= 0.6 is 0 Å². The molecular formula is C23H25FN4O2. The molecule has 4 rings (SSSR count). The van der Waals surface area contributed by atoms with Crippen molar-refractivity contribution in [2.45, 2.75) is 51.5 Å². The van der Waals surface area contributed by atoms with Crippen LogP contribution in [0.2, 0.25) is 0 Å². The largest absolute Gasteiger partial charge is 0.272 e. The van der Waals surface area contributed by atoms with Gasteiger partial charge >= 0.3 is 0 Å². The van der Waals surface area contributed by atoms with Crippen molar-refractivity contribution < 1.29 is 14.0 Å². The standard InChI is InChI=1S/C23H25FN4O2/c1-15-19(10-21(24)14-27-15)8-16-2-4-18(5-3-16)23(29)28-22(6-7-30-28)20-9-17(11-25)12-26-13-20/h9-10,12-14,16,18,22H,2-8H2,1H3/t16-,18-,22-/m0/s1. The summed E-state index contributed by atoms with van der Waals surface area (Å²) in [5.74, 6) is 0.0809. The zero-order valence-electron chi connectivity index (χ0n) is 17.1. The summed E-state index contributed by atoms with van der Waals surface area (Å²) in [4.78, 5) is 27.1. The zero-order chi connectivity index (χ0) is 21.1. The highest BCUT2D eigenvalue weighted by molar-refractivity contribution is 5.78. The maximum atomic E-state index is 13.5. The molecule has 0 aromatic carbocycles. The van der Waals surface area contributed by atoms with Gasteiger partial charge in [0, 0.05) is 30.4 Å². The van der Waals surface area contributed by atoms with Crippen LogP contribution in [0.25, 0.3) is 0 Å². The zero-order valence-corrected chi connectivity index (χ0v) is 17.1. The van der Waals surface area contributed by atoms with Gasteiger partial charge in [0.1, 0.15) is 11.9 Å². The predicted octanol–water partition coefficient (Wildman–Crippen LogP) is 4.05. The first-order chi connectivity index (χ1) is 14.5. The van der Waals surface area contributed by atoms with Crippen LogP contribution in [0.3, 0.4) is 0 Å². The maximum Gasteiger partial charge on any atom is 0.249 e. The van der Waals surface area contributed by atoms with Crippen molar-refractivity contribution >= 4 is 5.91 Å². The average Bonchev–Trinajstić information content (AvgIpc) is 3.26. The average molecular weight is 408 g/mol. The van der Waals surface area contributed by atoms with Crippen LogP contribution in [0.4, 0.5) is 4.39 Å². The van der Waals surface area contributed by atoms with E-state index < -0.39 is 0 Å². The van der Waals surface area contributed by atoms with Gasteiger partial charge in [-0.15, -0.1) is 0 Å². The van der Waals surface area contributed by atoms with Crippen molar-refractivity contribution in [2.75, 3.05) is 6.61 Å². The lowest BCUT2D eigenvalue weighted by molar-refractivity contribution is -0.183. The highest BCUT2D eigenvalue weighted by atomic mass is 19.1. The number of hydrogen-bond acceptors (Lipinski definition) is 5. The topological polar surface area (TPSA) is 79.1 Å². The molecule has 156 valence electrons. The van der Waals surface area contributed by atoms with Gasteiger partial charge in [-0.1, -0.05) is 0 Å². The second-order valence-electron chi connectivity index (χ2n) is 8.24. The normalized spacial score (nSPS) is 23.9. The molecule has 1 saturated carbocycles. The second-order valence-corrected chi connectivity index (χ2v) is 8.24. The predicted molar refractivity (Wildman–Crippen MR) is 107 cm³/mol. The van der Waals surface area contributed by atoms with E-state index in [0.29, 0.717) is 24.5 Å². The third kappa shape index (κ3) is 4.34. The summed E-state index contributed by atoms with van der Waals surface area (Å²) in [6.07, 6.45) is 9.42. The summed E-state index contributed by atoms with van der Waals surface area (Å²) in [6.45, 7) is 2.39. The first kappa shape index (κ1) is 20.4. The lowest BCUT2D eigenvalue weighted by Crippen LogP contribution is -2.36. The van der Waals surface area contributed by atoms with Crippen molar-refractivity contribution in [3.8, 4) is 6.07 Å². The highest BCUT2D eigenvalue weighted by Crippen LogP contribution is 2.37. The maximum absolute atomic E-state index is 13.5. The molecule has 1 aliphatic carbocycles. The summed E-state index contributed by atoms with van der Waals surface area (Å²) in [7, 11) is 0. The van der Waals surface area contributed by atoms with Gasteiger partial charge in [-0.25, -0.2) is 9.45 Å². The van der Waals surface area contributed by atoms with E-state index in [1.54, 1.807) is 18.3 Å². The molecule has 2 aliphatic rings. The molecule has 0 bridgehead atoms. The Kier molecular flexibility index (Phi) is 6.05. The molecular weight excluding hydrogens is 383 g/mol. The van der Waals surface area contributed by atoms with Gasteiger partial charge < -0.3 is 0 Å². The number of pyridine rings is 2. The van der Waals surface area contributed by atoms with Crippen LogP contribution in [-0.4, -0.2) is 27.5 Å². The number of aryl methyl sites for hydroxylation is 1. The SMILES string of the molecule is Cc1ncc(F)cc1C[C@H]1CC[C@H](C(=O)N2OCC[C@H]2c2cncc(C#N)c2)CC1. The summed E-state index contributed by atoms with van der Waals surface area (Å²) < 4.78 is 13.5. The van der Waals surface area contributed by atoms with Gasteiger partial charge in [-0.05, 0) is 68.2 Å². The Morgan fingerprint density at radius 3 is 2.80 bits per heavy atom. The number of aromatic nitrogens is 2. The minimum absolute atomic E-state index is 0.0157. The Balaban J connectivity index is 1.38. The van der Waals surface area contributed by atoms with Crippen LogP contribution in [0.1, 0.15) is 60.5 Å². The molecule has 7 heteroatoms. The fourth-order valence-corrected chi connectivity index (χ4v) is 4.55. The van der Waals surface area contributed by atoms with E-state index in [9.17, 15) is 9.18 Å². The van der Waals surface area contributed by atoms with Crippen molar-refractivity contribution in [2.24, 2.45) is 11.8 Å². The minimum Gasteiger partial charge on any atom is -0.272 e. The fourth-order valence-electron chi connectivity index (χ4n) is 4.55. The molecule has 1 atom stereocenters. The molecule has 30 heavy (non-hydrogen) atoms. The molecule has 0 radical (unpaired) electrons. The first-order valence-corrected chi connectivity index (χ1v) is 10.5. The molecule has 0 N–H and O–H groups in total. The van der Waals surface area contributed by atoms with Gasteiger partial charge in [-0.3, -0.25) is 19.6 Å². The molecule has 2 fully saturated rings. The molecule has 1 amide bonds. The summed E-state index contributed by atoms with van der Waals surface area (Å²) in [5.41, 5.74) is 3.14. The quantitative estimate of drug-likeness (QED) is 0.763. The smallest absolute Gasteiger partial charge is 0.249 e. The number of hydrogen-bond donors (Lipinski definition) is 0. The van der Waals surface area contributed by atoms with Gasteiger partial charge in [0.05, 0.1) is 24.4 Å². The number of carbonyl (C=O) groups excluding carboxylic acids is 1. The lowest BCUT2D eigenvalue weighted by atomic mass is 9.78. The van der Waals surface area contributed by atoms with Gasteiger partial charge in [-0.2, -0.15) is 5.26 Å². The van der Waals surface area contributed by atoms with Crippen LogP contribution in [0.5, 0.6) is 0 Å². The number of carbonyl (C=O) groups is 1. The Bertz CT molecular complexity index is 966. The Labute approximate surface area is 175 Å². The van der Waals surface area contributed by atoms with Crippen molar-refractivity contribution in [3.05, 3.63) is 58.9 Å².